The number of rotatable bonds is 3. The molecule has 0 atom stereocenters. The first-order valence-electron chi connectivity index (χ1n) is 9.81. The third-order valence-corrected chi connectivity index (χ3v) is 6.38. The van der Waals surface area contributed by atoms with E-state index in [9.17, 15) is 0 Å². The van der Waals surface area contributed by atoms with Gasteiger partial charge in [0.2, 0.25) is 0 Å². The highest BCUT2D eigenvalue weighted by atomic mass is 32.1. The van der Waals surface area contributed by atoms with Gasteiger partial charge in [0.05, 0.1) is 10.4 Å². The van der Waals surface area contributed by atoms with Crippen LogP contribution in [-0.2, 0) is 0 Å². The zero-order chi connectivity index (χ0) is 19.8. The van der Waals surface area contributed by atoms with Crippen LogP contribution in [0.25, 0.3) is 42.9 Å². The molecule has 0 saturated heterocycles. The zero-order valence-corrected chi connectivity index (χ0v) is 17.3. The van der Waals surface area contributed by atoms with Gasteiger partial charge in [-0.25, -0.2) is 0 Å². The fraction of sp³-hybridized carbons (Fsp3) is 0.0741. The van der Waals surface area contributed by atoms with Crippen LogP contribution in [0.4, 0.5) is 0 Å². The summed E-state index contributed by atoms with van der Waals surface area (Å²) in [6, 6.07) is 30.2. The number of thiophene rings is 1. The summed E-state index contributed by atoms with van der Waals surface area (Å²) in [6.07, 6.45) is 2.03. The van der Waals surface area contributed by atoms with Crippen molar-refractivity contribution in [2.45, 2.75) is 13.8 Å². The number of fused-ring (bicyclic) bond motifs is 1. The van der Waals surface area contributed by atoms with Crippen molar-refractivity contribution in [1.29, 1.82) is 0 Å². The van der Waals surface area contributed by atoms with Gasteiger partial charge < -0.3 is 0 Å². The third kappa shape index (κ3) is 3.37. The molecule has 0 bridgehead atoms. The topological polar surface area (TPSA) is 12.9 Å². The molecule has 0 aliphatic carbocycles. The molecular formula is C27H21NS. The van der Waals surface area contributed by atoms with Gasteiger partial charge in [-0.05, 0) is 43.2 Å². The molecule has 0 spiro atoms. The Morgan fingerprint density at radius 1 is 0.655 bits per heavy atom. The molecule has 0 radical (unpaired) electrons. The summed E-state index contributed by atoms with van der Waals surface area (Å²) in [5, 5.41) is 1.27. The number of benzene rings is 3. The minimum atomic E-state index is 1.03. The average molecular weight is 392 g/mol. The lowest BCUT2D eigenvalue weighted by atomic mass is 9.98. The minimum absolute atomic E-state index is 1.03. The van der Waals surface area contributed by atoms with Crippen molar-refractivity contribution in [2.24, 2.45) is 0 Å². The zero-order valence-electron chi connectivity index (χ0n) is 16.5. The summed E-state index contributed by atoms with van der Waals surface area (Å²) >= 11 is 1.82. The Labute approximate surface area is 175 Å². The van der Waals surface area contributed by atoms with Crippen LogP contribution in [0.5, 0.6) is 0 Å². The highest BCUT2D eigenvalue weighted by Gasteiger charge is 2.17. The van der Waals surface area contributed by atoms with Crippen LogP contribution in [0.3, 0.4) is 0 Å². The Morgan fingerprint density at radius 2 is 1.28 bits per heavy atom. The van der Waals surface area contributed by atoms with Gasteiger partial charge in [0.15, 0.2) is 0 Å². The fourth-order valence-electron chi connectivity index (χ4n) is 3.97. The Bertz CT molecular complexity index is 1280. The lowest BCUT2D eigenvalue weighted by Crippen LogP contribution is -1.87. The molecule has 0 saturated carbocycles. The molecule has 0 aliphatic heterocycles. The molecule has 2 heterocycles. The predicted molar refractivity (Wildman–Crippen MR) is 125 cm³/mol. The van der Waals surface area contributed by atoms with E-state index in [0.717, 1.165) is 5.69 Å². The van der Waals surface area contributed by atoms with Gasteiger partial charge in [-0.1, -0.05) is 77.9 Å². The molecule has 29 heavy (non-hydrogen) atoms. The van der Waals surface area contributed by atoms with Crippen LogP contribution in [0, 0.1) is 13.8 Å². The summed E-state index contributed by atoms with van der Waals surface area (Å²) < 4.78 is 1.22. The summed E-state index contributed by atoms with van der Waals surface area (Å²) in [4.78, 5) is 6.11. The normalized spacial score (nSPS) is 11.1. The number of nitrogens with zero attached hydrogens (tertiary/aromatic N) is 1. The second-order valence-electron chi connectivity index (χ2n) is 7.48. The molecule has 140 valence electrons. The van der Waals surface area contributed by atoms with E-state index in [1.54, 1.807) is 0 Å². The van der Waals surface area contributed by atoms with E-state index >= 15 is 0 Å². The standard InChI is InChI=1S/C27H21NS/c1-18-13-19(2)15-22(14-18)24-16-23-25(17-28-24)29-27(21-11-7-4-8-12-21)26(23)20-9-5-3-6-10-20/h3-17H,1-2H3. The van der Waals surface area contributed by atoms with Gasteiger partial charge in [0.1, 0.15) is 0 Å². The molecule has 3 aromatic carbocycles. The number of aromatic nitrogens is 1. The number of hydrogen-bond donors (Lipinski definition) is 0. The molecule has 5 aromatic rings. The minimum Gasteiger partial charge on any atom is -0.255 e. The summed E-state index contributed by atoms with van der Waals surface area (Å²) in [5.41, 5.74) is 8.52. The van der Waals surface area contributed by atoms with Crippen molar-refractivity contribution in [3.05, 3.63) is 102 Å². The van der Waals surface area contributed by atoms with E-state index in [4.69, 9.17) is 4.98 Å². The Hall–Kier alpha value is -3.23. The Balaban J connectivity index is 1.79. The van der Waals surface area contributed by atoms with Crippen molar-refractivity contribution in [1.82, 2.24) is 4.98 Å². The first-order valence-corrected chi connectivity index (χ1v) is 10.6. The predicted octanol–water partition coefficient (Wildman–Crippen LogP) is 7.91. The Kier molecular flexibility index (Phi) is 4.49. The molecule has 0 unspecified atom stereocenters. The van der Waals surface area contributed by atoms with Crippen LogP contribution < -0.4 is 0 Å². The molecule has 5 rings (SSSR count). The fourth-order valence-corrected chi connectivity index (χ4v) is 5.15. The molecule has 0 fully saturated rings. The van der Waals surface area contributed by atoms with E-state index in [2.05, 4.69) is 98.8 Å². The smallest absolute Gasteiger partial charge is 0.0709 e. The van der Waals surface area contributed by atoms with Crippen LogP contribution in [0.1, 0.15) is 11.1 Å². The number of pyridine rings is 1. The van der Waals surface area contributed by atoms with Crippen molar-refractivity contribution < 1.29 is 0 Å². The average Bonchev–Trinajstić information content (AvgIpc) is 3.13. The highest BCUT2D eigenvalue weighted by Crippen LogP contribution is 2.45. The number of hydrogen-bond acceptors (Lipinski definition) is 2. The van der Waals surface area contributed by atoms with Gasteiger partial charge in [-0.3, -0.25) is 4.98 Å². The van der Waals surface area contributed by atoms with Gasteiger partial charge in [0.25, 0.3) is 0 Å². The molecule has 2 heteroatoms. The molecule has 2 aromatic heterocycles. The highest BCUT2D eigenvalue weighted by molar-refractivity contribution is 7.23. The van der Waals surface area contributed by atoms with Gasteiger partial charge in [-0.15, -0.1) is 11.3 Å². The van der Waals surface area contributed by atoms with E-state index in [-0.39, 0.29) is 0 Å². The van der Waals surface area contributed by atoms with Gasteiger partial charge in [-0.2, -0.15) is 0 Å². The Morgan fingerprint density at radius 3 is 1.93 bits per heavy atom. The monoisotopic (exact) mass is 391 g/mol. The second kappa shape index (κ2) is 7.31. The molecular weight excluding hydrogens is 370 g/mol. The summed E-state index contributed by atoms with van der Waals surface area (Å²) in [6.45, 7) is 4.28. The van der Waals surface area contributed by atoms with Crippen LogP contribution >= 0.6 is 11.3 Å². The maximum absolute atomic E-state index is 4.81. The maximum Gasteiger partial charge on any atom is 0.0709 e. The van der Waals surface area contributed by atoms with Gasteiger partial charge in [0, 0.05) is 27.6 Å². The summed E-state index contributed by atoms with van der Waals surface area (Å²) in [5.74, 6) is 0. The van der Waals surface area contributed by atoms with E-state index in [1.165, 1.54) is 48.3 Å². The van der Waals surface area contributed by atoms with Crippen molar-refractivity contribution in [2.75, 3.05) is 0 Å². The SMILES string of the molecule is Cc1cc(C)cc(-c2cc3c(-c4ccccc4)c(-c4ccccc4)sc3cn2)c1. The van der Waals surface area contributed by atoms with Crippen molar-refractivity contribution in [3.8, 4) is 32.8 Å². The van der Waals surface area contributed by atoms with Crippen LogP contribution in [0.15, 0.2) is 91.1 Å². The first-order chi connectivity index (χ1) is 14.2. The third-order valence-electron chi connectivity index (χ3n) is 5.19. The lowest BCUT2D eigenvalue weighted by Gasteiger charge is -2.07. The van der Waals surface area contributed by atoms with E-state index in [0.29, 0.717) is 0 Å². The van der Waals surface area contributed by atoms with Crippen molar-refractivity contribution >= 4 is 21.4 Å². The quantitative estimate of drug-likeness (QED) is 0.304. The largest absolute Gasteiger partial charge is 0.255 e. The summed E-state index contributed by atoms with van der Waals surface area (Å²) in [7, 11) is 0. The molecule has 0 amide bonds. The lowest BCUT2D eigenvalue weighted by molar-refractivity contribution is 1.33. The van der Waals surface area contributed by atoms with Crippen LogP contribution in [0.2, 0.25) is 0 Å². The second-order valence-corrected chi connectivity index (χ2v) is 8.53. The molecule has 0 N–H and O–H groups in total. The van der Waals surface area contributed by atoms with Crippen molar-refractivity contribution in [3.63, 3.8) is 0 Å². The number of aryl methyl sites for hydroxylation is 2. The van der Waals surface area contributed by atoms with Gasteiger partial charge >= 0.3 is 0 Å². The van der Waals surface area contributed by atoms with Crippen LogP contribution in [-0.4, -0.2) is 4.98 Å². The molecule has 0 aliphatic rings. The maximum atomic E-state index is 4.81. The first kappa shape index (κ1) is 17.8. The molecule has 1 nitrogen and oxygen atoms in total. The van der Waals surface area contributed by atoms with E-state index < -0.39 is 0 Å². The van der Waals surface area contributed by atoms with E-state index in [1.807, 2.05) is 17.5 Å².